The summed E-state index contributed by atoms with van der Waals surface area (Å²) in [5.74, 6) is 0.256. The second kappa shape index (κ2) is 10.9. The third-order valence-corrected chi connectivity index (χ3v) is 10.3. The van der Waals surface area contributed by atoms with Crippen LogP contribution in [0.4, 0.5) is 0 Å². The number of hydrogen-bond acceptors (Lipinski definition) is 5. The minimum absolute atomic E-state index is 0.00637. The standard InChI is InChI=1S/C40H36N2OS2/c1-39(2,3)28-20-26(19-27(21-28)34-9-7-17-44-34)32-15-13-24-11-12-25-14-16-33(42-37(25)36(24)41-32)30-22-29(40(4,5)6)23-31(38(30)43)35-10-8-18-45-35/h7-23,43H,1-6H3. The Hall–Kier alpha value is -4.32. The fourth-order valence-corrected chi connectivity index (χ4v) is 7.21. The Balaban J connectivity index is 1.43. The molecule has 1 N–H and O–H groups in total. The van der Waals surface area contributed by atoms with Gasteiger partial charge in [0.25, 0.3) is 0 Å². The molecule has 4 heterocycles. The highest BCUT2D eigenvalue weighted by Gasteiger charge is 2.22. The zero-order chi connectivity index (χ0) is 31.5. The van der Waals surface area contributed by atoms with Gasteiger partial charge in [0.1, 0.15) is 5.75 Å². The summed E-state index contributed by atoms with van der Waals surface area (Å²) in [6.07, 6.45) is 0. The number of phenolic OH excluding ortho intramolecular Hbond substituents is 1. The molecule has 0 bridgehead atoms. The van der Waals surface area contributed by atoms with Gasteiger partial charge in [-0.25, -0.2) is 9.97 Å². The van der Waals surface area contributed by atoms with Crippen LogP contribution in [0.5, 0.6) is 5.75 Å². The van der Waals surface area contributed by atoms with Crippen LogP contribution in [0.25, 0.3) is 65.2 Å². The second-order valence-electron chi connectivity index (χ2n) is 13.8. The van der Waals surface area contributed by atoms with Crippen LogP contribution in [-0.4, -0.2) is 15.1 Å². The fourth-order valence-electron chi connectivity index (χ4n) is 5.75. The molecule has 0 spiro atoms. The summed E-state index contributed by atoms with van der Waals surface area (Å²) in [6, 6.07) is 32.0. The number of aromatic hydroxyl groups is 1. The van der Waals surface area contributed by atoms with E-state index in [9.17, 15) is 5.11 Å². The van der Waals surface area contributed by atoms with E-state index in [1.54, 1.807) is 22.7 Å². The first kappa shape index (κ1) is 29.4. The van der Waals surface area contributed by atoms with Gasteiger partial charge >= 0.3 is 0 Å². The Morgan fingerprint density at radius 1 is 0.533 bits per heavy atom. The number of phenols is 1. The van der Waals surface area contributed by atoms with Crippen LogP contribution in [0.3, 0.4) is 0 Å². The normalized spacial score (nSPS) is 12.3. The van der Waals surface area contributed by atoms with Gasteiger partial charge in [0.2, 0.25) is 0 Å². The lowest BCUT2D eigenvalue weighted by Gasteiger charge is -2.22. The lowest BCUT2D eigenvalue weighted by molar-refractivity contribution is 0.478. The number of fused-ring (bicyclic) bond motifs is 3. The van der Waals surface area contributed by atoms with Gasteiger partial charge in [-0.3, -0.25) is 0 Å². The SMILES string of the molecule is CC(C)(C)c1cc(-c2ccc3ccc4ccc(-c5cc(C(C)(C)C)cc(-c6cccs6)c5O)nc4c3n2)cc(-c2cccs2)c1. The Labute approximate surface area is 272 Å². The molecule has 0 atom stereocenters. The van der Waals surface area contributed by atoms with Gasteiger partial charge in [0.15, 0.2) is 0 Å². The molecule has 4 aromatic heterocycles. The lowest BCUT2D eigenvalue weighted by atomic mass is 9.84. The van der Waals surface area contributed by atoms with Crippen molar-refractivity contribution in [3.63, 3.8) is 0 Å². The molecule has 0 unspecified atom stereocenters. The molecule has 45 heavy (non-hydrogen) atoms. The topological polar surface area (TPSA) is 46.0 Å². The number of aromatic nitrogens is 2. The molecular formula is C40H36N2OS2. The van der Waals surface area contributed by atoms with Crippen molar-refractivity contribution < 1.29 is 5.11 Å². The molecule has 0 saturated heterocycles. The summed E-state index contributed by atoms with van der Waals surface area (Å²) in [4.78, 5) is 12.8. The van der Waals surface area contributed by atoms with Gasteiger partial charge in [-0.05, 0) is 92.9 Å². The average Bonchev–Trinajstić information content (AvgIpc) is 3.75. The van der Waals surface area contributed by atoms with E-state index in [1.165, 1.54) is 16.0 Å². The van der Waals surface area contributed by atoms with Crippen LogP contribution in [0.2, 0.25) is 0 Å². The number of rotatable bonds is 4. The molecule has 0 radical (unpaired) electrons. The van der Waals surface area contributed by atoms with Crippen LogP contribution in [0, 0.1) is 0 Å². The van der Waals surface area contributed by atoms with E-state index in [-0.39, 0.29) is 16.6 Å². The highest BCUT2D eigenvalue weighted by atomic mass is 32.1. The fraction of sp³-hybridized carbons (Fsp3) is 0.200. The van der Waals surface area contributed by atoms with E-state index >= 15 is 0 Å². The molecule has 0 aliphatic carbocycles. The molecule has 3 nitrogen and oxygen atoms in total. The molecular weight excluding hydrogens is 589 g/mol. The zero-order valence-corrected chi connectivity index (χ0v) is 28.1. The molecule has 0 amide bonds. The van der Waals surface area contributed by atoms with E-state index in [0.717, 1.165) is 60.3 Å². The Bertz CT molecular complexity index is 2180. The predicted molar refractivity (Wildman–Crippen MR) is 194 cm³/mol. The van der Waals surface area contributed by atoms with Gasteiger partial charge in [-0.15, -0.1) is 22.7 Å². The van der Waals surface area contributed by atoms with E-state index < -0.39 is 0 Å². The minimum atomic E-state index is -0.0992. The van der Waals surface area contributed by atoms with Crippen molar-refractivity contribution >= 4 is 44.5 Å². The van der Waals surface area contributed by atoms with Crippen LogP contribution >= 0.6 is 22.7 Å². The predicted octanol–water partition coefficient (Wildman–Crippen LogP) is 11.9. The monoisotopic (exact) mass is 624 g/mol. The maximum atomic E-state index is 11.6. The summed E-state index contributed by atoms with van der Waals surface area (Å²) in [6.45, 7) is 13.4. The molecule has 0 aliphatic heterocycles. The van der Waals surface area contributed by atoms with E-state index in [0.29, 0.717) is 0 Å². The maximum Gasteiger partial charge on any atom is 0.133 e. The van der Waals surface area contributed by atoms with Gasteiger partial charge in [0.05, 0.1) is 22.4 Å². The van der Waals surface area contributed by atoms with Crippen LogP contribution in [0.15, 0.2) is 102 Å². The molecule has 0 saturated carbocycles. The van der Waals surface area contributed by atoms with Crippen molar-refractivity contribution in [1.82, 2.24) is 9.97 Å². The van der Waals surface area contributed by atoms with E-state index in [1.807, 2.05) is 17.5 Å². The second-order valence-corrected chi connectivity index (χ2v) is 15.7. The molecule has 7 rings (SSSR count). The maximum absolute atomic E-state index is 11.6. The van der Waals surface area contributed by atoms with Crippen molar-refractivity contribution in [3.05, 3.63) is 113 Å². The van der Waals surface area contributed by atoms with Gasteiger partial charge in [-0.2, -0.15) is 0 Å². The molecule has 7 aromatic rings. The van der Waals surface area contributed by atoms with Gasteiger partial charge < -0.3 is 5.11 Å². The summed E-state index contributed by atoms with van der Waals surface area (Å²) in [5, 5.41) is 17.9. The quantitative estimate of drug-likeness (QED) is 0.198. The van der Waals surface area contributed by atoms with Crippen LogP contribution < -0.4 is 0 Å². The first-order valence-corrected chi connectivity index (χ1v) is 17.0. The molecule has 0 fully saturated rings. The third-order valence-electron chi connectivity index (χ3n) is 8.46. The van der Waals surface area contributed by atoms with Gasteiger partial charge in [-0.1, -0.05) is 77.9 Å². The number of nitrogens with zero attached hydrogens (tertiary/aromatic N) is 2. The third kappa shape index (κ3) is 5.56. The highest BCUT2D eigenvalue weighted by molar-refractivity contribution is 7.13. The smallest absolute Gasteiger partial charge is 0.133 e. The number of pyridine rings is 2. The van der Waals surface area contributed by atoms with Crippen molar-refractivity contribution in [1.29, 1.82) is 0 Å². The summed E-state index contributed by atoms with van der Waals surface area (Å²) < 4.78 is 0. The zero-order valence-electron chi connectivity index (χ0n) is 26.5. The van der Waals surface area contributed by atoms with Crippen molar-refractivity contribution in [2.24, 2.45) is 0 Å². The van der Waals surface area contributed by atoms with Gasteiger partial charge in [0, 0.05) is 37.2 Å². The minimum Gasteiger partial charge on any atom is -0.507 e. The number of thiophene rings is 2. The highest BCUT2D eigenvalue weighted by Crippen LogP contribution is 2.43. The molecule has 224 valence electrons. The molecule has 0 aliphatic rings. The van der Waals surface area contributed by atoms with Crippen molar-refractivity contribution in [3.8, 4) is 49.1 Å². The largest absolute Gasteiger partial charge is 0.507 e. The van der Waals surface area contributed by atoms with Crippen molar-refractivity contribution in [2.45, 2.75) is 52.4 Å². The first-order valence-electron chi connectivity index (χ1n) is 15.3. The summed E-state index contributed by atoms with van der Waals surface area (Å²) in [7, 11) is 0. The van der Waals surface area contributed by atoms with E-state index in [2.05, 4.69) is 126 Å². The van der Waals surface area contributed by atoms with Crippen LogP contribution in [0.1, 0.15) is 52.7 Å². The Kier molecular flexibility index (Phi) is 7.14. The van der Waals surface area contributed by atoms with Crippen LogP contribution in [-0.2, 0) is 10.8 Å². The number of benzene rings is 3. The molecule has 5 heteroatoms. The Morgan fingerprint density at radius 2 is 1.04 bits per heavy atom. The lowest BCUT2D eigenvalue weighted by Crippen LogP contribution is -2.11. The molecule has 3 aromatic carbocycles. The van der Waals surface area contributed by atoms with E-state index in [4.69, 9.17) is 9.97 Å². The number of hydrogen-bond donors (Lipinski definition) is 1. The first-order chi connectivity index (χ1) is 21.5. The summed E-state index contributed by atoms with van der Waals surface area (Å²) >= 11 is 3.39. The summed E-state index contributed by atoms with van der Waals surface area (Å²) in [5.41, 5.74) is 9.55. The average molecular weight is 625 g/mol. The van der Waals surface area contributed by atoms with Crippen molar-refractivity contribution in [2.75, 3.05) is 0 Å². The Morgan fingerprint density at radius 3 is 1.64 bits per heavy atom.